The summed E-state index contributed by atoms with van der Waals surface area (Å²) in [6.45, 7) is 8.75. The highest BCUT2D eigenvalue weighted by molar-refractivity contribution is 5.78. The lowest BCUT2D eigenvalue weighted by molar-refractivity contribution is -0.146. The lowest BCUT2D eigenvalue weighted by atomic mass is 9.77. The molecular weight excluding hydrogens is 310 g/mol. The molecule has 1 aliphatic heterocycles. The van der Waals surface area contributed by atoms with E-state index in [0.717, 1.165) is 5.57 Å². The van der Waals surface area contributed by atoms with E-state index in [1.54, 1.807) is 11.0 Å². The van der Waals surface area contributed by atoms with Crippen molar-refractivity contribution in [2.75, 3.05) is 19.7 Å². The van der Waals surface area contributed by atoms with Crippen LogP contribution in [0, 0.1) is 5.41 Å². The van der Waals surface area contributed by atoms with Crippen molar-refractivity contribution >= 4 is 12.1 Å². The van der Waals surface area contributed by atoms with Gasteiger partial charge >= 0.3 is 12.1 Å². The molecule has 6 nitrogen and oxygen atoms in total. The number of amides is 1. The van der Waals surface area contributed by atoms with Crippen molar-refractivity contribution in [1.82, 2.24) is 4.90 Å². The zero-order valence-corrected chi connectivity index (χ0v) is 14.9. The Balaban J connectivity index is 2.20. The van der Waals surface area contributed by atoms with Gasteiger partial charge in [0.15, 0.2) is 0 Å². The summed E-state index contributed by atoms with van der Waals surface area (Å²) in [5.41, 5.74) is -0.615. The van der Waals surface area contributed by atoms with Crippen LogP contribution >= 0.6 is 0 Å². The summed E-state index contributed by atoms with van der Waals surface area (Å²) in [4.78, 5) is 25.7. The lowest BCUT2D eigenvalue weighted by Gasteiger charge is -2.34. The topological polar surface area (TPSA) is 76.1 Å². The second-order valence-electron chi connectivity index (χ2n) is 7.36. The third-order valence-corrected chi connectivity index (χ3v) is 4.34. The van der Waals surface area contributed by atoms with E-state index < -0.39 is 17.0 Å². The van der Waals surface area contributed by atoms with E-state index in [1.807, 2.05) is 33.8 Å². The molecule has 1 saturated heterocycles. The number of ether oxygens (including phenoxy) is 2. The molecule has 1 aliphatic carbocycles. The fourth-order valence-corrected chi connectivity index (χ4v) is 2.84. The number of allylic oxidation sites excluding steroid dienone is 1. The minimum absolute atomic E-state index is 0.352. The first kappa shape index (κ1) is 18.4. The molecule has 0 aromatic rings. The van der Waals surface area contributed by atoms with Gasteiger partial charge in [-0.1, -0.05) is 13.0 Å². The van der Waals surface area contributed by atoms with Gasteiger partial charge in [0.2, 0.25) is 0 Å². The quantitative estimate of drug-likeness (QED) is 0.836. The standard InChI is InChI=1S/C18H27NO5/c1-5-18(15(20)21)8-7-13-12-19(16(22)24-17(2,3)4)9-6-10-23-14(13)11-18/h7,11H,5-6,8-10,12H2,1-4H3,(H,20,21). The molecule has 0 bridgehead atoms. The van der Waals surface area contributed by atoms with Crippen LogP contribution in [0.2, 0.25) is 0 Å². The smallest absolute Gasteiger partial charge is 0.410 e. The van der Waals surface area contributed by atoms with Gasteiger partial charge in [0.05, 0.1) is 18.6 Å². The molecule has 0 spiro atoms. The minimum Gasteiger partial charge on any atom is -0.493 e. The molecule has 0 aromatic heterocycles. The predicted molar refractivity (Wildman–Crippen MR) is 89.5 cm³/mol. The van der Waals surface area contributed by atoms with E-state index in [1.165, 1.54) is 0 Å². The van der Waals surface area contributed by atoms with Crippen LogP contribution in [0.25, 0.3) is 0 Å². The first-order valence-corrected chi connectivity index (χ1v) is 8.43. The molecular formula is C18H27NO5. The predicted octanol–water partition coefficient (Wildman–Crippen LogP) is 3.34. The van der Waals surface area contributed by atoms with E-state index in [2.05, 4.69) is 0 Å². The van der Waals surface area contributed by atoms with Crippen LogP contribution in [-0.2, 0) is 14.3 Å². The molecule has 0 radical (unpaired) electrons. The molecule has 6 heteroatoms. The summed E-state index contributed by atoms with van der Waals surface area (Å²) in [5, 5.41) is 9.56. The summed E-state index contributed by atoms with van der Waals surface area (Å²) in [6.07, 6.45) is 4.82. The highest BCUT2D eigenvalue weighted by atomic mass is 16.6. The fraction of sp³-hybridized carbons (Fsp3) is 0.667. The number of rotatable bonds is 2. The van der Waals surface area contributed by atoms with Crippen LogP contribution in [0.1, 0.15) is 47.0 Å². The van der Waals surface area contributed by atoms with Gasteiger partial charge in [-0.05, 0) is 46.1 Å². The number of fused-ring (bicyclic) bond motifs is 1. The van der Waals surface area contributed by atoms with Crippen molar-refractivity contribution in [2.24, 2.45) is 5.41 Å². The van der Waals surface area contributed by atoms with Gasteiger partial charge in [-0.3, -0.25) is 4.79 Å². The van der Waals surface area contributed by atoms with Crippen LogP contribution in [0.4, 0.5) is 4.79 Å². The maximum Gasteiger partial charge on any atom is 0.410 e. The van der Waals surface area contributed by atoms with E-state index in [-0.39, 0.29) is 6.09 Å². The normalized spacial score (nSPS) is 24.6. The maximum absolute atomic E-state index is 12.4. The molecule has 1 atom stereocenters. The van der Waals surface area contributed by atoms with E-state index in [9.17, 15) is 14.7 Å². The Bertz CT molecular complexity index is 572. The van der Waals surface area contributed by atoms with Crippen LogP contribution in [0.3, 0.4) is 0 Å². The molecule has 1 N–H and O–H groups in total. The van der Waals surface area contributed by atoms with Crippen LogP contribution in [0.5, 0.6) is 0 Å². The molecule has 134 valence electrons. The van der Waals surface area contributed by atoms with Gasteiger partial charge in [-0.15, -0.1) is 0 Å². The summed E-state index contributed by atoms with van der Waals surface area (Å²) in [7, 11) is 0. The number of carboxylic acids is 1. The third kappa shape index (κ3) is 4.10. The zero-order valence-electron chi connectivity index (χ0n) is 14.9. The summed E-state index contributed by atoms with van der Waals surface area (Å²) in [5.74, 6) is -0.263. The Labute approximate surface area is 143 Å². The highest BCUT2D eigenvalue weighted by Gasteiger charge is 2.38. The molecule has 0 aromatic carbocycles. The van der Waals surface area contributed by atoms with Crippen LogP contribution in [-0.4, -0.2) is 47.4 Å². The first-order valence-electron chi connectivity index (χ1n) is 8.43. The minimum atomic E-state index is -0.922. The second-order valence-corrected chi connectivity index (χ2v) is 7.36. The molecule has 1 amide bonds. The van der Waals surface area contributed by atoms with Gasteiger partial charge < -0.3 is 19.5 Å². The molecule has 1 fully saturated rings. The average Bonchev–Trinajstić information content (AvgIpc) is 2.45. The molecule has 0 saturated carbocycles. The molecule has 24 heavy (non-hydrogen) atoms. The van der Waals surface area contributed by atoms with Gasteiger partial charge in [0, 0.05) is 12.1 Å². The monoisotopic (exact) mass is 337 g/mol. The second kappa shape index (κ2) is 6.87. The average molecular weight is 337 g/mol. The van der Waals surface area contributed by atoms with Crippen LogP contribution < -0.4 is 0 Å². The van der Waals surface area contributed by atoms with E-state index >= 15 is 0 Å². The van der Waals surface area contributed by atoms with Crippen molar-refractivity contribution in [1.29, 1.82) is 0 Å². The van der Waals surface area contributed by atoms with Crippen LogP contribution in [0.15, 0.2) is 23.5 Å². The molecule has 2 aliphatic rings. The fourth-order valence-electron chi connectivity index (χ4n) is 2.84. The Morgan fingerprint density at radius 3 is 2.71 bits per heavy atom. The highest BCUT2D eigenvalue weighted by Crippen LogP contribution is 2.38. The summed E-state index contributed by atoms with van der Waals surface area (Å²) < 4.78 is 11.2. The van der Waals surface area contributed by atoms with E-state index in [0.29, 0.717) is 44.7 Å². The van der Waals surface area contributed by atoms with Crippen molar-refractivity contribution in [3.8, 4) is 0 Å². The Hall–Kier alpha value is -1.98. The largest absolute Gasteiger partial charge is 0.493 e. The third-order valence-electron chi connectivity index (χ3n) is 4.34. The number of carbonyl (C=O) groups excluding carboxylic acids is 1. The maximum atomic E-state index is 12.4. The number of carboxylic acid groups (broad SMARTS) is 1. The molecule has 2 rings (SSSR count). The number of nitrogens with zero attached hydrogens (tertiary/aromatic N) is 1. The lowest BCUT2D eigenvalue weighted by Crippen LogP contribution is -2.41. The zero-order chi connectivity index (χ0) is 18.0. The van der Waals surface area contributed by atoms with Crippen molar-refractivity contribution in [3.63, 3.8) is 0 Å². The van der Waals surface area contributed by atoms with Gasteiger partial charge in [-0.2, -0.15) is 0 Å². The van der Waals surface area contributed by atoms with Gasteiger partial charge in [0.25, 0.3) is 0 Å². The van der Waals surface area contributed by atoms with Crippen molar-refractivity contribution < 1.29 is 24.2 Å². The Morgan fingerprint density at radius 2 is 2.12 bits per heavy atom. The van der Waals surface area contributed by atoms with Gasteiger partial charge in [-0.25, -0.2) is 4.79 Å². The first-order chi connectivity index (χ1) is 11.2. The molecule has 1 heterocycles. The van der Waals surface area contributed by atoms with E-state index in [4.69, 9.17) is 9.47 Å². The number of aliphatic carboxylic acids is 1. The summed E-state index contributed by atoms with van der Waals surface area (Å²) >= 11 is 0. The van der Waals surface area contributed by atoms with Crippen molar-refractivity contribution in [2.45, 2.75) is 52.6 Å². The van der Waals surface area contributed by atoms with Crippen molar-refractivity contribution in [3.05, 3.63) is 23.5 Å². The summed E-state index contributed by atoms with van der Waals surface area (Å²) in [6, 6.07) is 0. The number of hydrogen-bond donors (Lipinski definition) is 1. The Morgan fingerprint density at radius 1 is 1.42 bits per heavy atom. The number of hydrogen-bond acceptors (Lipinski definition) is 4. The SMILES string of the molecule is CCC1(C(=O)O)C=C2OCCCN(C(=O)OC(C)(C)C)CC2=CC1. The molecule has 1 unspecified atom stereocenters. The Kier molecular flexibility index (Phi) is 5.26. The van der Waals surface area contributed by atoms with Gasteiger partial charge in [0.1, 0.15) is 11.4 Å². The number of carbonyl (C=O) groups is 2.